The third-order valence-electron chi connectivity index (χ3n) is 6.06. The Kier molecular flexibility index (Phi) is 9.15. The molecular weight excluding hydrogens is 648 g/mol. The largest absolute Gasteiger partial charge is 0.654 e. The predicted molar refractivity (Wildman–Crippen MR) is 132 cm³/mol. The van der Waals surface area contributed by atoms with E-state index in [-0.39, 0.29) is 55.4 Å². The van der Waals surface area contributed by atoms with Gasteiger partial charge in [0.05, 0.1) is 12.2 Å². The molecule has 5 nitrogen and oxygen atoms in total. The van der Waals surface area contributed by atoms with Gasteiger partial charge in [-0.1, -0.05) is 53.2 Å². The van der Waals surface area contributed by atoms with E-state index in [1.807, 2.05) is 12.1 Å². The topological polar surface area (TPSA) is 59.3 Å². The number of nitrogens with zero attached hydrogens (tertiary/aromatic N) is 2. The normalized spacial score (nSPS) is 19.4. The van der Waals surface area contributed by atoms with Crippen molar-refractivity contribution in [1.29, 1.82) is 0 Å². The maximum atomic E-state index is 14.2. The summed E-state index contributed by atoms with van der Waals surface area (Å²) in [5.74, 6) is -0.669. The summed E-state index contributed by atoms with van der Waals surface area (Å²) in [5.41, 5.74) is 2.36. The van der Waals surface area contributed by atoms with Crippen molar-refractivity contribution in [3.8, 4) is 16.9 Å². The van der Waals surface area contributed by atoms with Crippen LogP contribution in [0.3, 0.4) is 0 Å². The van der Waals surface area contributed by atoms with Crippen molar-refractivity contribution in [3.05, 3.63) is 86.9 Å². The Morgan fingerprint density at radius 3 is 2.50 bits per heavy atom. The van der Waals surface area contributed by atoms with E-state index in [2.05, 4.69) is 10.2 Å². The number of hydrogen-bond acceptors (Lipinski definition) is 4. The summed E-state index contributed by atoms with van der Waals surface area (Å²) in [6, 6.07) is 14.3. The standard InChI is InChI=1S/C26H21Cl2F4N2O3.Cd/c27-18-6-4-14(10-34-11-16(35)12-34)8-17(18)15-5-7-21(22(9-15)36-13-26(30,31)32)33-25-24(37-25)23-19(28)2-1-3-20(23)29;/h1-9,16,24-25,35H,10-13H2;/q-1;. The van der Waals surface area contributed by atoms with E-state index in [1.54, 1.807) is 12.1 Å². The van der Waals surface area contributed by atoms with Crippen LogP contribution >= 0.6 is 23.2 Å². The van der Waals surface area contributed by atoms with Gasteiger partial charge in [-0.15, -0.1) is 0 Å². The van der Waals surface area contributed by atoms with Crippen molar-refractivity contribution in [3.63, 3.8) is 0 Å². The van der Waals surface area contributed by atoms with E-state index < -0.39 is 30.9 Å². The van der Waals surface area contributed by atoms with Crippen LogP contribution in [0.4, 0.5) is 23.2 Å². The number of rotatable bonds is 8. The Labute approximate surface area is 246 Å². The molecule has 3 aromatic carbocycles. The van der Waals surface area contributed by atoms with E-state index in [0.29, 0.717) is 35.8 Å². The molecule has 0 bridgehead atoms. The van der Waals surface area contributed by atoms with Gasteiger partial charge in [-0.3, -0.25) is 4.90 Å². The molecule has 2 aliphatic rings. The molecule has 12 heteroatoms. The van der Waals surface area contributed by atoms with E-state index in [4.69, 9.17) is 32.7 Å². The second-order valence-corrected chi connectivity index (χ2v) is 9.77. The molecule has 0 aliphatic carbocycles. The van der Waals surface area contributed by atoms with Crippen molar-refractivity contribution in [1.82, 2.24) is 4.90 Å². The summed E-state index contributed by atoms with van der Waals surface area (Å²) in [6.45, 7) is 0.237. The van der Waals surface area contributed by atoms with Crippen LogP contribution in [0.25, 0.3) is 16.4 Å². The molecule has 0 amide bonds. The van der Waals surface area contributed by atoms with Crippen molar-refractivity contribution in [2.45, 2.75) is 31.2 Å². The fourth-order valence-electron chi connectivity index (χ4n) is 4.22. The molecule has 5 rings (SSSR count). The van der Waals surface area contributed by atoms with Crippen LogP contribution in [-0.2, 0) is 38.6 Å². The van der Waals surface area contributed by atoms with Gasteiger partial charge in [-0.2, -0.15) is 13.2 Å². The average Bonchev–Trinajstić information content (AvgIpc) is 3.56. The summed E-state index contributed by atoms with van der Waals surface area (Å²) in [4.78, 5) is 2.06. The molecule has 2 fully saturated rings. The van der Waals surface area contributed by atoms with Crippen LogP contribution < -0.4 is 4.74 Å². The van der Waals surface area contributed by atoms with Crippen molar-refractivity contribution in [2.24, 2.45) is 0 Å². The van der Waals surface area contributed by atoms with Crippen LogP contribution in [0.15, 0.2) is 54.6 Å². The molecule has 2 aliphatic heterocycles. The summed E-state index contributed by atoms with van der Waals surface area (Å²) in [6.07, 6.45) is -6.48. The predicted octanol–water partition coefficient (Wildman–Crippen LogP) is 7.02. The molecule has 3 aromatic rings. The number of aliphatic hydroxyl groups excluding tert-OH is 1. The van der Waals surface area contributed by atoms with Gasteiger partial charge in [0.15, 0.2) is 6.61 Å². The summed E-state index contributed by atoms with van der Waals surface area (Å²) in [7, 11) is 0. The zero-order valence-corrected chi connectivity index (χ0v) is 25.4. The summed E-state index contributed by atoms with van der Waals surface area (Å²) < 4.78 is 63.7. The first-order valence-electron chi connectivity index (χ1n) is 11.4. The number of ether oxygens (including phenoxy) is 2. The van der Waals surface area contributed by atoms with Gasteiger partial charge in [0, 0.05) is 74.3 Å². The van der Waals surface area contributed by atoms with Gasteiger partial charge < -0.3 is 19.9 Å². The molecule has 198 valence electrons. The number of epoxide rings is 1. The number of aliphatic hydroxyl groups is 1. The number of likely N-dealkylation sites (tertiary alicyclic amines) is 1. The smallest absolute Gasteiger partial charge is 0.422 e. The third kappa shape index (κ3) is 6.92. The molecule has 0 aromatic heterocycles. The minimum atomic E-state index is -4.56. The number of halogens is 6. The molecule has 0 radical (unpaired) electrons. The molecule has 2 atom stereocenters. The molecular formula is C26H21CdCl2F4N2O3-. The maximum Gasteiger partial charge on any atom is 0.422 e. The monoisotopic (exact) mass is 669 g/mol. The van der Waals surface area contributed by atoms with Crippen molar-refractivity contribution < 1.29 is 59.4 Å². The van der Waals surface area contributed by atoms with Crippen LogP contribution in [0.5, 0.6) is 5.75 Å². The molecule has 2 unspecified atom stereocenters. The maximum absolute atomic E-state index is 14.2. The Morgan fingerprint density at radius 2 is 1.82 bits per heavy atom. The fraction of sp³-hybridized carbons (Fsp3) is 0.308. The first-order valence-corrected chi connectivity index (χ1v) is 12.2. The first kappa shape index (κ1) is 29.3. The van der Waals surface area contributed by atoms with Crippen molar-refractivity contribution >= 4 is 28.9 Å². The van der Waals surface area contributed by atoms with Gasteiger partial charge in [0.25, 0.3) is 0 Å². The Hall–Kier alpha value is -1.64. The minimum absolute atomic E-state index is 0. The molecule has 1 N–H and O–H groups in total. The minimum Gasteiger partial charge on any atom is -0.654 e. The van der Waals surface area contributed by atoms with E-state index in [0.717, 1.165) is 5.56 Å². The first-order chi connectivity index (χ1) is 17.6. The van der Waals surface area contributed by atoms with Gasteiger partial charge in [0.2, 0.25) is 0 Å². The van der Waals surface area contributed by atoms with Gasteiger partial charge in [-0.05, 0) is 41.5 Å². The van der Waals surface area contributed by atoms with Crippen LogP contribution in [-0.4, -0.2) is 48.2 Å². The molecule has 0 spiro atoms. The third-order valence-corrected chi connectivity index (χ3v) is 6.72. The van der Waals surface area contributed by atoms with Crippen LogP contribution in [0, 0.1) is 5.82 Å². The Morgan fingerprint density at radius 1 is 1.05 bits per heavy atom. The SMILES string of the molecule is OC1CN(Cc2ccc(Cl)c(-c3ccc([N-]C4OC4c4c(F)cccc4Cl)c(OCC(F)(F)F)c3)c2)C1.[Cd]. The van der Waals surface area contributed by atoms with Crippen molar-refractivity contribution in [2.75, 3.05) is 19.7 Å². The molecule has 0 saturated carbocycles. The van der Waals surface area contributed by atoms with Crippen LogP contribution in [0.1, 0.15) is 17.2 Å². The van der Waals surface area contributed by atoms with Gasteiger partial charge in [-0.25, -0.2) is 4.39 Å². The zero-order chi connectivity index (χ0) is 26.3. The van der Waals surface area contributed by atoms with Gasteiger partial charge >= 0.3 is 6.18 Å². The Balaban J connectivity index is 0.00000336. The Bertz CT molecular complexity index is 1290. The van der Waals surface area contributed by atoms with Crippen LogP contribution in [0.2, 0.25) is 10.0 Å². The molecule has 38 heavy (non-hydrogen) atoms. The fourth-order valence-corrected chi connectivity index (χ4v) is 4.72. The molecule has 2 saturated heterocycles. The molecule has 2 heterocycles. The second kappa shape index (κ2) is 11.8. The van der Waals surface area contributed by atoms with E-state index in [9.17, 15) is 22.7 Å². The van der Waals surface area contributed by atoms with E-state index >= 15 is 0 Å². The number of hydrogen-bond donors (Lipinski definition) is 1. The number of β-amino-alcohol motifs (C(OH)–C–C–N with tert-alkyl or cyclic N) is 1. The number of alkyl halides is 3. The quantitative estimate of drug-likeness (QED) is 0.159. The second-order valence-electron chi connectivity index (χ2n) is 8.96. The summed E-state index contributed by atoms with van der Waals surface area (Å²) in [5, 5.41) is 14.5. The van der Waals surface area contributed by atoms with E-state index in [1.165, 1.54) is 30.3 Å². The van der Waals surface area contributed by atoms with Gasteiger partial charge in [0.1, 0.15) is 11.6 Å². The summed E-state index contributed by atoms with van der Waals surface area (Å²) >= 11 is 12.5. The average molecular weight is 669 g/mol. The number of benzene rings is 3. The zero-order valence-electron chi connectivity index (χ0n) is 19.9.